The number of benzene rings is 1. The zero-order chi connectivity index (χ0) is 10.7. The quantitative estimate of drug-likeness (QED) is 0.479. The molecule has 0 fully saturated rings. The number of nitrogens with zero attached hydrogens (tertiary/aromatic N) is 2. The summed E-state index contributed by atoms with van der Waals surface area (Å²) in [5, 5.41) is 19.1. The maximum Gasteiger partial charge on any atom is 0.282 e. The summed E-state index contributed by atoms with van der Waals surface area (Å²) < 4.78 is 0.604. The lowest BCUT2D eigenvalue weighted by Crippen LogP contribution is -1.96. The van der Waals surface area contributed by atoms with Gasteiger partial charge >= 0.3 is 0 Å². The van der Waals surface area contributed by atoms with Gasteiger partial charge in [0.15, 0.2) is 0 Å². The van der Waals surface area contributed by atoms with E-state index in [1.54, 1.807) is 6.07 Å². The topological polar surface area (TPSA) is 66.9 Å². The van der Waals surface area contributed by atoms with Gasteiger partial charge in [-0.3, -0.25) is 10.1 Å². The summed E-state index contributed by atoms with van der Waals surface area (Å²) in [4.78, 5) is 10.2. The number of nitro benzene ring substituents is 1. The summed E-state index contributed by atoms with van der Waals surface area (Å²) in [6, 6.07) is 5.19. The first-order valence-electron chi connectivity index (χ1n) is 3.86. The third kappa shape index (κ3) is 2.20. The van der Waals surface area contributed by atoms with Gasteiger partial charge in [0.25, 0.3) is 5.69 Å². The predicted molar refractivity (Wildman–Crippen MR) is 59.9 cm³/mol. The molecule has 0 heterocycles. The van der Waals surface area contributed by atoms with Crippen molar-refractivity contribution in [2.75, 3.05) is 0 Å². The molecule has 0 aromatic heterocycles. The van der Waals surface area contributed by atoms with Crippen LogP contribution in [0.25, 0.3) is 0 Å². The fourth-order valence-electron chi connectivity index (χ4n) is 1.12. The molecule has 0 radical (unpaired) electrons. The van der Waals surface area contributed by atoms with Crippen molar-refractivity contribution in [1.29, 1.82) is 5.26 Å². The molecular weight excluding hydrogens is 295 g/mol. The summed E-state index contributed by atoms with van der Waals surface area (Å²) in [5.74, 6) is 0. The van der Waals surface area contributed by atoms with E-state index < -0.39 is 4.92 Å². The minimum absolute atomic E-state index is 0.0708. The Bertz CT molecular complexity index is 424. The zero-order valence-electron chi connectivity index (χ0n) is 7.45. The Balaban J connectivity index is 3.28. The normalized spacial score (nSPS) is 9.50. The van der Waals surface area contributed by atoms with E-state index >= 15 is 0 Å². The molecule has 0 atom stereocenters. The van der Waals surface area contributed by atoms with E-state index in [2.05, 4.69) is 0 Å². The fraction of sp³-hybridized carbons (Fsp3) is 0.222. The van der Waals surface area contributed by atoms with Crippen LogP contribution in [-0.2, 0) is 6.42 Å². The molecule has 0 N–H and O–H groups in total. The Labute approximate surface area is 94.8 Å². The molecule has 0 saturated heterocycles. The molecule has 0 aliphatic carbocycles. The smallest absolute Gasteiger partial charge is 0.258 e. The number of aryl methyl sites for hydroxylation is 1. The van der Waals surface area contributed by atoms with E-state index in [4.69, 9.17) is 5.26 Å². The number of rotatable bonds is 2. The van der Waals surface area contributed by atoms with Crippen molar-refractivity contribution < 1.29 is 4.92 Å². The minimum Gasteiger partial charge on any atom is -0.258 e. The monoisotopic (exact) mass is 302 g/mol. The molecule has 1 aromatic carbocycles. The first-order chi connectivity index (χ1) is 6.56. The molecule has 14 heavy (non-hydrogen) atoms. The average Bonchev–Trinajstić information content (AvgIpc) is 2.09. The van der Waals surface area contributed by atoms with Gasteiger partial charge in [-0.15, -0.1) is 0 Å². The number of nitro groups is 1. The Morgan fingerprint density at radius 2 is 2.29 bits per heavy atom. The maximum atomic E-state index is 10.6. The molecule has 1 rings (SSSR count). The largest absolute Gasteiger partial charge is 0.282 e. The summed E-state index contributed by atoms with van der Waals surface area (Å²) >= 11 is 1.92. The average molecular weight is 302 g/mol. The van der Waals surface area contributed by atoms with Crippen molar-refractivity contribution in [3.63, 3.8) is 0 Å². The molecule has 0 saturated carbocycles. The van der Waals surface area contributed by atoms with E-state index in [1.165, 1.54) is 6.07 Å². The lowest BCUT2D eigenvalue weighted by Gasteiger charge is -2.02. The van der Waals surface area contributed by atoms with Gasteiger partial charge in [-0.1, -0.05) is 0 Å². The second-order valence-corrected chi connectivity index (χ2v) is 3.98. The van der Waals surface area contributed by atoms with E-state index in [-0.39, 0.29) is 12.1 Å². The SMILES string of the molecule is Cc1cc(I)c([N+](=O)[O-])cc1CC#N. The molecule has 0 bridgehead atoms. The number of nitriles is 1. The van der Waals surface area contributed by atoms with Crippen molar-refractivity contribution in [2.24, 2.45) is 0 Å². The highest BCUT2D eigenvalue weighted by Gasteiger charge is 2.14. The van der Waals surface area contributed by atoms with Crippen LogP contribution in [0.3, 0.4) is 0 Å². The molecule has 72 valence electrons. The first kappa shape index (κ1) is 10.9. The standard InChI is InChI=1S/C9H7IN2O2/c1-6-4-8(10)9(12(13)14)5-7(6)2-3-11/h4-5H,2H2,1H3. The Kier molecular flexibility index (Phi) is 3.41. The van der Waals surface area contributed by atoms with Crippen molar-refractivity contribution in [1.82, 2.24) is 0 Å². The van der Waals surface area contributed by atoms with Gasteiger partial charge in [0, 0.05) is 6.07 Å². The second-order valence-electron chi connectivity index (χ2n) is 2.82. The lowest BCUT2D eigenvalue weighted by atomic mass is 10.1. The van der Waals surface area contributed by atoms with E-state index in [0.29, 0.717) is 3.57 Å². The number of halogens is 1. The van der Waals surface area contributed by atoms with Crippen LogP contribution < -0.4 is 0 Å². The third-order valence-corrected chi connectivity index (χ3v) is 2.74. The lowest BCUT2D eigenvalue weighted by molar-refractivity contribution is -0.385. The molecular formula is C9H7IN2O2. The predicted octanol–water partition coefficient (Wildman–Crippen LogP) is 2.57. The highest BCUT2D eigenvalue weighted by Crippen LogP contribution is 2.24. The van der Waals surface area contributed by atoms with Crippen LogP contribution in [0.1, 0.15) is 11.1 Å². The molecule has 0 amide bonds. The Morgan fingerprint density at radius 1 is 1.64 bits per heavy atom. The molecule has 1 aromatic rings. The third-order valence-electron chi connectivity index (χ3n) is 1.87. The number of hydrogen-bond acceptors (Lipinski definition) is 3. The van der Waals surface area contributed by atoms with Crippen molar-refractivity contribution in [3.05, 3.63) is 36.9 Å². The van der Waals surface area contributed by atoms with Gasteiger partial charge in [-0.2, -0.15) is 5.26 Å². The van der Waals surface area contributed by atoms with Gasteiger partial charge in [-0.25, -0.2) is 0 Å². The van der Waals surface area contributed by atoms with Crippen LogP contribution in [0, 0.1) is 31.9 Å². The van der Waals surface area contributed by atoms with E-state index in [9.17, 15) is 10.1 Å². The first-order valence-corrected chi connectivity index (χ1v) is 4.94. The van der Waals surface area contributed by atoms with Crippen molar-refractivity contribution in [2.45, 2.75) is 13.3 Å². The van der Waals surface area contributed by atoms with Crippen LogP contribution >= 0.6 is 22.6 Å². The second kappa shape index (κ2) is 4.37. The minimum atomic E-state index is -0.428. The summed E-state index contributed by atoms with van der Waals surface area (Å²) in [6.45, 7) is 1.85. The highest BCUT2D eigenvalue weighted by atomic mass is 127. The fourth-order valence-corrected chi connectivity index (χ4v) is 1.94. The molecule has 0 spiro atoms. The Morgan fingerprint density at radius 3 is 2.79 bits per heavy atom. The van der Waals surface area contributed by atoms with E-state index in [0.717, 1.165) is 11.1 Å². The maximum absolute atomic E-state index is 10.6. The zero-order valence-corrected chi connectivity index (χ0v) is 9.61. The van der Waals surface area contributed by atoms with Crippen LogP contribution in [0.5, 0.6) is 0 Å². The highest BCUT2D eigenvalue weighted by molar-refractivity contribution is 14.1. The van der Waals surface area contributed by atoms with E-state index in [1.807, 2.05) is 35.6 Å². The van der Waals surface area contributed by atoms with Gasteiger partial charge in [-0.05, 0) is 46.7 Å². The molecule has 0 aliphatic heterocycles. The van der Waals surface area contributed by atoms with Gasteiger partial charge in [0.2, 0.25) is 0 Å². The molecule has 0 aliphatic rings. The Hall–Kier alpha value is -1.16. The molecule has 4 nitrogen and oxygen atoms in total. The molecule has 5 heteroatoms. The van der Waals surface area contributed by atoms with Gasteiger partial charge in [0.1, 0.15) is 0 Å². The van der Waals surface area contributed by atoms with Crippen LogP contribution in [0.15, 0.2) is 12.1 Å². The number of hydrogen-bond donors (Lipinski definition) is 0. The van der Waals surface area contributed by atoms with Crippen LogP contribution in [-0.4, -0.2) is 4.92 Å². The molecule has 0 unspecified atom stereocenters. The summed E-state index contributed by atoms with van der Waals surface area (Å²) in [5.41, 5.74) is 1.71. The van der Waals surface area contributed by atoms with Crippen LogP contribution in [0.2, 0.25) is 0 Å². The van der Waals surface area contributed by atoms with Crippen molar-refractivity contribution >= 4 is 28.3 Å². The summed E-state index contributed by atoms with van der Waals surface area (Å²) in [6.07, 6.45) is 0.212. The van der Waals surface area contributed by atoms with Gasteiger partial charge < -0.3 is 0 Å². The summed E-state index contributed by atoms with van der Waals surface area (Å²) in [7, 11) is 0. The van der Waals surface area contributed by atoms with Crippen molar-refractivity contribution in [3.8, 4) is 6.07 Å². The van der Waals surface area contributed by atoms with Crippen LogP contribution in [0.4, 0.5) is 5.69 Å². The van der Waals surface area contributed by atoms with Gasteiger partial charge in [0.05, 0.1) is 21.0 Å².